The van der Waals surface area contributed by atoms with E-state index in [1.54, 1.807) is 57.1 Å². The van der Waals surface area contributed by atoms with Gasteiger partial charge in [0.25, 0.3) is 0 Å². The lowest BCUT2D eigenvalue weighted by Crippen LogP contribution is -2.47. The summed E-state index contributed by atoms with van der Waals surface area (Å²) in [4.78, 5) is 21.9. The zero-order valence-corrected chi connectivity index (χ0v) is 16.4. The number of aromatic nitrogens is 4. The molecule has 29 heavy (non-hydrogen) atoms. The number of ether oxygens (including phenoxy) is 3. The summed E-state index contributed by atoms with van der Waals surface area (Å²) in [5.74, 6) is 3.71. The monoisotopic (exact) mass is 394 g/mol. The normalized spacial score (nSPS) is 13.9. The Bertz CT molecular complexity index is 926. The number of anilines is 2. The second-order valence-electron chi connectivity index (χ2n) is 6.37. The van der Waals surface area contributed by atoms with Gasteiger partial charge in [0, 0.05) is 69.0 Å². The topological polar surface area (TPSA) is 85.7 Å². The highest BCUT2D eigenvalue weighted by Crippen LogP contribution is 2.30. The molecule has 1 fully saturated rings. The lowest BCUT2D eigenvalue weighted by Gasteiger charge is -2.34. The Morgan fingerprint density at radius 1 is 0.724 bits per heavy atom. The summed E-state index contributed by atoms with van der Waals surface area (Å²) < 4.78 is 16.5. The second kappa shape index (κ2) is 8.59. The third-order valence-electron chi connectivity index (χ3n) is 4.56. The summed E-state index contributed by atoms with van der Waals surface area (Å²) >= 11 is 0. The summed E-state index contributed by atoms with van der Waals surface area (Å²) in [7, 11) is 3.20. The smallest absolute Gasteiger partial charge is 0.228 e. The van der Waals surface area contributed by atoms with Gasteiger partial charge in [0.1, 0.15) is 17.2 Å². The highest BCUT2D eigenvalue weighted by molar-refractivity contribution is 5.44. The molecule has 1 aliphatic rings. The number of benzene rings is 1. The van der Waals surface area contributed by atoms with Gasteiger partial charge in [-0.15, -0.1) is 0 Å². The summed E-state index contributed by atoms with van der Waals surface area (Å²) in [6.45, 7) is 3.14. The molecule has 9 nitrogen and oxygen atoms in total. The van der Waals surface area contributed by atoms with Gasteiger partial charge in [0.05, 0.1) is 14.2 Å². The molecule has 3 aromatic rings. The van der Waals surface area contributed by atoms with Crippen molar-refractivity contribution >= 4 is 11.9 Å². The first-order valence-corrected chi connectivity index (χ1v) is 9.26. The predicted octanol–water partition coefficient (Wildman–Crippen LogP) is 2.40. The van der Waals surface area contributed by atoms with Crippen LogP contribution in [-0.2, 0) is 0 Å². The molecule has 1 aliphatic heterocycles. The van der Waals surface area contributed by atoms with Gasteiger partial charge in [-0.2, -0.15) is 4.98 Å². The highest BCUT2D eigenvalue weighted by Gasteiger charge is 2.21. The van der Waals surface area contributed by atoms with Crippen LogP contribution in [0.3, 0.4) is 0 Å². The molecule has 9 heteroatoms. The van der Waals surface area contributed by atoms with Gasteiger partial charge in [-0.1, -0.05) is 0 Å². The molecule has 0 amide bonds. The molecule has 150 valence electrons. The van der Waals surface area contributed by atoms with Crippen molar-refractivity contribution in [1.29, 1.82) is 0 Å². The van der Waals surface area contributed by atoms with Gasteiger partial charge in [-0.3, -0.25) is 0 Å². The molecule has 1 saturated heterocycles. The molecule has 2 aromatic heterocycles. The molecule has 0 radical (unpaired) electrons. The Balaban J connectivity index is 1.44. The highest BCUT2D eigenvalue weighted by atomic mass is 16.5. The number of nitrogens with zero attached hydrogens (tertiary/aromatic N) is 6. The minimum Gasteiger partial charge on any atom is -0.496 e. The fourth-order valence-electron chi connectivity index (χ4n) is 3.06. The standard InChI is InChI=1S/C20H22N6O3/c1-27-15-12-16(28-2)14-17(13-15)29-18-4-7-23-20(24-18)26-10-8-25(9-11-26)19-21-5-3-6-22-19/h3-7,12-14H,8-11H2,1-2H3. The predicted molar refractivity (Wildman–Crippen MR) is 108 cm³/mol. The summed E-state index contributed by atoms with van der Waals surface area (Å²) in [6, 6.07) is 8.89. The van der Waals surface area contributed by atoms with Crippen molar-refractivity contribution in [2.75, 3.05) is 50.2 Å². The van der Waals surface area contributed by atoms with Crippen molar-refractivity contribution in [3.05, 3.63) is 48.9 Å². The van der Waals surface area contributed by atoms with Crippen molar-refractivity contribution in [3.63, 3.8) is 0 Å². The molecular weight excluding hydrogens is 372 g/mol. The minimum absolute atomic E-state index is 0.458. The number of hydrogen-bond donors (Lipinski definition) is 0. The Hall–Kier alpha value is -3.62. The van der Waals surface area contributed by atoms with E-state index in [-0.39, 0.29) is 0 Å². The average Bonchev–Trinajstić information content (AvgIpc) is 2.79. The van der Waals surface area contributed by atoms with Gasteiger partial charge < -0.3 is 24.0 Å². The molecule has 1 aromatic carbocycles. The fourth-order valence-corrected chi connectivity index (χ4v) is 3.06. The van der Waals surface area contributed by atoms with Crippen LogP contribution in [-0.4, -0.2) is 60.3 Å². The Morgan fingerprint density at radius 3 is 1.90 bits per heavy atom. The van der Waals surface area contributed by atoms with Crippen LogP contribution in [0, 0.1) is 0 Å². The van der Waals surface area contributed by atoms with Crippen molar-refractivity contribution in [3.8, 4) is 23.1 Å². The molecule has 0 atom stereocenters. The van der Waals surface area contributed by atoms with E-state index in [0.29, 0.717) is 29.1 Å². The van der Waals surface area contributed by atoms with Crippen molar-refractivity contribution in [2.45, 2.75) is 0 Å². The molecular formula is C20H22N6O3. The third kappa shape index (κ3) is 4.45. The minimum atomic E-state index is 0.458. The van der Waals surface area contributed by atoms with Crippen LogP contribution in [0.15, 0.2) is 48.9 Å². The fraction of sp³-hybridized carbons (Fsp3) is 0.300. The Labute approximate surface area is 168 Å². The van der Waals surface area contributed by atoms with E-state index in [2.05, 4.69) is 29.7 Å². The van der Waals surface area contributed by atoms with Gasteiger partial charge in [0.2, 0.25) is 17.8 Å². The Kier molecular flexibility index (Phi) is 5.55. The van der Waals surface area contributed by atoms with Crippen LogP contribution in [0.25, 0.3) is 0 Å². The van der Waals surface area contributed by atoms with E-state index in [0.717, 1.165) is 32.1 Å². The zero-order chi connectivity index (χ0) is 20.1. The largest absolute Gasteiger partial charge is 0.496 e. The van der Waals surface area contributed by atoms with E-state index in [1.165, 1.54) is 0 Å². The second-order valence-corrected chi connectivity index (χ2v) is 6.37. The van der Waals surface area contributed by atoms with Gasteiger partial charge in [0.15, 0.2) is 0 Å². The number of rotatable bonds is 6. The van der Waals surface area contributed by atoms with E-state index in [4.69, 9.17) is 14.2 Å². The number of hydrogen-bond acceptors (Lipinski definition) is 9. The van der Waals surface area contributed by atoms with E-state index in [9.17, 15) is 0 Å². The SMILES string of the molecule is COc1cc(OC)cc(Oc2ccnc(N3CCN(c4ncccn4)CC3)n2)c1. The Morgan fingerprint density at radius 2 is 1.28 bits per heavy atom. The van der Waals surface area contributed by atoms with Gasteiger partial charge >= 0.3 is 0 Å². The van der Waals surface area contributed by atoms with Gasteiger partial charge in [-0.25, -0.2) is 15.0 Å². The maximum Gasteiger partial charge on any atom is 0.228 e. The summed E-state index contributed by atoms with van der Waals surface area (Å²) in [5.41, 5.74) is 0. The van der Waals surface area contributed by atoms with Crippen LogP contribution < -0.4 is 24.0 Å². The van der Waals surface area contributed by atoms with E-state index >= 15 is 0 Å². The molecule has 0 spiro atoms. The molecule has 0 N–H and O–H groups in total. The molecule has 0 saturated carbocycles. The van der Waals surface area contributed by atoms with Crippen molar-refractivity contribution in [2.24, 2.45) is 0 Å². The van der Waals surface area contributed by atoms with Crippen LogP contribution in [0.5, 0.6) is 23.1 Å². The maximum atomic E-state index is 5.92. The molecule has 0 unspecified atom stereocenters. The quantitative estimate of drug-likeness (QED) is 0.625. The van der Waals surface area contributed by atoms with E-state index in [1.807, 2.05) is 6.07 Å². The first-order chi connectivity index (χ1) is 14.2. The first-order valence-electron chi connectivity index (χ1n) is 9.26. The lowest BCUT2D eigenvalue weighted by molar-refractivity contribution is 0.385. The molecule has 0 bridgehead atoms. The van der Waals surface area contributed by atoms with Crippen LogP contribution in [0.1, 0.15) is 0 Å². The van der Waals surface area contributed by atoms with Crippen LogP contribution in [0.4, 0.5) is 11.9 Å². The number of piperazine rings is 1. The number of methoxy groups -OCH3 is 2. The van der Waals surface area contributed by atoms with Crippen LogP contribution >= 0.6 is 0 Å². The third-order valence-corrected chi connectivity index (χ3v) is 4.56. The maximum absolute atomic E-state index is 5.92. The van der Waals surface area contributed by atoms with Crippen LogP contribution in [0.2, 0.25) is 0 Å². The van der Waals surface area contributed by atoms with E-state index < -0.39 is 0 Å². The first kappa shape index (κ1) is 18.7. The zero-order valence-electron chi connectivity index (χ0n) is 16.4. The van der Waals surface area contributed by atoms with Crippen molar-refractivity contribution in [1.82, 2.24) is 19.9 Å². The summed E-state index contributed by atoms with van der Waals surface area (Å²) in [6.07, 6.45) is 5.21. The average molecular weight is 394 g/mol. The molecule has 4 rings (SSSR count). The summed E-state index contributed by atoms with van der Waals surface area (Å²) in [5, 5.41) is 0. The van der Waals surface area contributed by atoms with Gasteiger partial charge in [-0.05, 0) is 6.07 Å². The molecule has 0 aliphatic carbocycles. The lowest BCUT2D eigenvalue weighted by atomic mass is 10.3. The molecule has 3 heterocycles. The van der Waals surface area contributed by atoms with Crippen molar-refractivity contribution < 1.29 is 14.2 Å².